The Bertz CT molecular complexity index is 674. The van der Waals surface area contributed by atoms with Gasteiger partial charge in [-0.2, -0.15) is 0 Å². The highest BCUT2D eigenvalue weighted by molar-refractivity contribution is 6.12. The van der Waals surface area contributed by atoms with Crippen LogP contribution in [0, 0.1) is 13.8 Å². The van der Waals surface area contributed by atoms with Crippen molar-refractivity contribution in [3.63, 3.8) is 0 Å². The third-order valence-corrected chi connectivity index (χ3v) is 2.72. The second kappa shape index (κ2) is 4.44. The van der Waals surface area contributed by atoms with Gasteiger partial charge in [0.25, 0.3) is 0 Å². The minimum Gasteiger partial charge on any atom is -0.384 e. The molecule has 0 spiro atoms. The third-order valence-electron chi connectivity index (χ3n) is 2.72. The van der Waals surface area contributed by atoms with Gasteiger partial charge in [-0.1, -0.05) is 17.7 Å². The number of aryl methyl sites for hydroxylation is 2. The van der Waals surface area contributed by atoms with Gasteiger partial charge in [-0.25, -0.2) is 9.78 Å². The summed E-state index contributed by atoms with van der Waals surface area (Å²) in [6.07, 6.45) is 1.21. The SMILES string of the molecule is Cc1ccc(C)c(C(=O)c2cnc(=O)[nH]c2N)c1. The molecule has 0 atom stereocenters. The van der Waals surface area contributed by atoms with Crippen LogP contribution in [0.15, 0.2) is 29.2 Å². The summed E-state index contributed by atoms with van der Waals surface area (Å²) >= 11 is 0. The van der Waals surface area contributed by atoms with Gasteiger partial charge in [-0.15, -0.1) is 0 Å². The summed E-state index contributed by atoms with van der Waals surface area (Å²) in [5.41, 5.74) is 7.69. The molecule has 2 aromatic rings. The summed E-state index contributed by atoms with van der Waals surface area (Å²) < 4.78 is 0. The summed E-state index contributed by atoms with van der Waals surface area (Å²) in [6.45, 7) is 3.76. The maximum atomic E-state index is 12.3. The number of aromatic nitrogens is 2. The lowest BCUT2D eigenvalue weighted by molar-refractivity contribution is 0.103. The molecular weight excluding hydrogens is 230 g/mol. The van der Waals surface area contributed by atoms with Crippen molar-refractivity contribution in [2.45, 2.75) is 13.8 Å². The summed E-state index contributed by atoms with van der Waals surface area (Å²) in [5, 5.41) is 0. The number of anilines is 1. The van der Waals surface area contributed by atoms with Crippen molar-refractivity contribution in [1.82, 2.24) is 9.97 Å². The summed E-state index contributed by atoms with van der Waals surface area (Å²) in [7, 11) is 0. The largest absolute Gasteiger partial charge is 0.384 e. The zero-order valence-corrected chi connectivity index (χ0v) is 10.2. The van der Waals surface area contributed by atoms with E-state index in [9.17, 15) is 9.59 Å². The predicted molar refractivity (Wildman–Crippen MR) is 68.6 cm³/mol. The summed E-state index contributed by atoms with van der Waals surface area (Å²) in [4.78, 5) is 29.1. The number of rotatable bonds is 2. The molecule has 2 rings (SSSR count). The van der Waals surface area contributed by atoms with Crippen LogP contribution in [0.25, 0.3) is 0 Å². The fourth-order valence-electron chi connectivity index (χ4n) is 1.71. The van der Waals surface area contributed by atoms with Gasteiger partial charge in [0.2, 0.25) is 0 Å². The van der Waals surface area contributed by atoms with Crippen LogP contribution in [0.3, 0.4) is 0 Å². The van der Waals surface area contributed by atoms with E-state index in [0.717, 1.165) is 11.1 Å². The number of carbonyl (C=O) groups excluding carboxylic acids is 1. The standard InChI is InChI=1S/C13H13N3O2/c1-7-3-4-8(2)9(5-7)11(17)10-6-15-13(18)16-12(10)14/h3-6H,1-2H3,(H3,14,15,16,18). The molecule has 0 aliphatic heterocycles. The third kappa shape index (κ3) is 2.15. The molecule has 18 heavy (non-hydrogen) atoms. The van der Waals surface area contributed by atoms with Gasteiger partial charge in [-0.05, 0) is 25.5 Å². The number of hydrogen-bond donors (Lipinski definition) is 2. The van der Waals surface area contributed by atoms with Crippen molar-refractivity contribution in [3.05, 3.63) is 57.1 Å². The average Bonchev–Trinajstić information content (AvgIpc) is 2.31. The van der Waals surface area contributed by atoms with Crippen LogP contribution in [-0.2, 0) is 0 Å². The first-order chi connectivity index (χ1) is 8.49. The predicted octanol–water partition coefficient (Wildman–Crippen LogP) is 1.20. The van der Waals surface area contributed by atoms with E-state index in [1.54, 1.807) is 6.07 Å². The van der Waals surface area contributed by atoms with Crippen LogP contribution in [0.4, 0.5) is 5.82 Å². The maximum Gasteiger partial charge on any atom is 0.346 e. The van der Waals surface area contributed by atoms with Crippen LogP contribution in [0.1, 0.15) is 27.0 Å². The molecule has 0 saturated heterocycles. The van der Waals surface area contributed by atoms with Gasteiger partial charge in [0.05, 0.1) is 5.56 Å². The van der Waals surface area contributed by atoms with Crippen LogP contribution in [-0.4, -0.2) is 15.8 Å². The van der Waals surface area contributed by atoms with Gasteiger partial charge in [0.1, 0.15) is 5.82 Å². The molecular formula is C13H13N3O2. The number of ketones is 1. The number of nitrogens with zero attached hydrogens (tertiary/aromatic N) is 1. The number of aromatic amines is 1. The number of H-pyrrole nitrogens is 1. The van der Waals surface area contributed by atoms with Gasteiger partial charge >= 0.3 is 5.69 Å². The number of nitrogens with one attached hydrogen (secondary N) is 1. The zero-order chi connectivity index (χ0) is 13.3. The minimum absolute atomic E-state index is 0.0425. The lowest BCUT2D eigenvalue weighted by Gasteiger charge is -2.07. The van der Waals surface area contributed by atoms with E-state index in [-0.39, 0.29) is 17.2 Å². The Morgan fingerprint density at radius 3 is 2.67 bits per heavy atom. The highest BCUT2D eigenvalue weighted by Crippen LogP contribution is 2.17. The second-order valence-corrected chi connectivity index (χ2v) is 4.16. The summed E-state index contributed by atoms with van der Waals surface area (Å²) in [6, 6.07) is 5.60. The first-order valence-electron chi connectivity index (χ1n) is 5.46. The van der Waals surface area contributed by atoms with E-state index in [1.807, 2.05) is 26.0 Å². The van der Waals surface area contributed by atoms with E-state index in [2.05, 4.69) is 9.97 Å². The molecule has 0 saturated carbocycles. The Morgan fingerprint density at radius 1 is 1.28 bits per heavy atom. The number of nitrogen functional groups attached to an aromatic ring is 1. The Labute approximate surface area is 104 Å². The van der Waals surface area contributed by atoms with Crippen molar-refractivity contribution in [1.29, 1.82) is 0 Å². The number of hydrogen-bond acceptors (Lipinski definition) is 4. The molecule has 1 aromatic heterocycles. The number of carbonyl (C=O) groups is 1. The second-order valence-electron chi connectivity index (χ2n) is 4.16. The normalized spacial score (nSPS) is 10.3. The molecule has 0 unspecified atom stereocenters. The molecule has 0 radical (unpaired) electrons. The molecule has 1 aromatic carbocycles. The summed E-state index contributed by atoms with van der Waals surface area (Å²) in [5.74, 6) is -0.196. The van der Waals surface area contributed by atoms with E-state index in [0.29, 0.717) is 5.56 Å². The van der Waals surface area contributed by atoms with Gasteiger partial charge in [-0.3, -0.25) is 9.78 Å². The van der Waals surface area contributed by atoms with E-state index < -0.39 is 5.69 Å². The Balaban J connectivity index is 2.54. The Kier molecular flexibility index (Phi) is 2.97. The van der Waals surface area contributed by atoms with E-state index >= 15 is 0 Å². The molecule has 0 aliphatic rings. The van der Waals surface area contributed by atoms with E-state index in [4.69, 9.17) is 5.73 Å². The molecule has 0 aliphatic carbocycles. The highest BCUT2D eigenvalue weighted by atomic mass is 16.1. The maximum absolute atomic E-state index is 12.3. The molecule has 92 valence electrons. The highest BCUT2D eigenvalue weighted by Gasteiger charge is 2.15. The first-order valence-corrected chi connectivity index (χ1v) is 5.46. The lowest BCUT2D eigenvalue weighted by atomic mass is 9.98. The molecule has 5 heteroatoms. The van der Waals surface area contributed by atoms with Gasteiger partial charge in [0, 0.05) is 11.8 Å². The van der Waals surface area contributed by atoms with Crippen molar-refractivity contribution >= 4 is 11.6 Å². The van der Waals surface area contributed by atoms with Crippen LogP contribution < -0.4 is 11.4 Å². The monoisotopic (exact) mass is 243 g/mol. The smallest absolute Gasteiger partial charge is 0.346 e. The number of nitrogens with two attached hydrogens (primary N) is 1. The topological polar surface area (TPSA) is 88.8 Å². The van der Waals surface area contributed by atoms with Gasteiger partial charge in [0.15, 0.2) is 5.78 Å². The zero-order valence-electron chi connectivity index (χ0n) is 10.2. The van der Waals surface area contributed by atoms with Gasteiger partial charge < -0.3 is 5.73 Å². The van der Waals surface area contributed by atoms with E-state index in [1.165, 1.54) is 6.20 Å². The number of benzene rings is 1. The molecule has 0 amide bonds. The molecule has 3 N–H and O–H groups in total. The lowest BCUT2D eigenvalue weighted by Crippen LogP contribution is -2.17. The molecule has 0 bridgehead atoms. The molecule has 5 nitrogen and oxygen atoms in total. The molecule has 1 heterocycles. The van der Waals surface area contributed by atoms with Crippen molar-refractivity contribution in [2.75, 3.05) is 5.73 Å². The quantitative estimate of drug-likeness (QED) is 0.775. The average molecular weight is 243 g/mol. The van der Waals surface area contributed by atoms with Crippen LogP contribution in [0.2, 0.25) is 0 Å². The van der Waals surface area contributed by atoms with Crippen molar-refractivity contribution in [2.24, 2.45) is 0 Å². The van der Waals surface area contributed by atoms with Crippen LogP contribution in [0.5, 0.6) is 0 Å². The fraction of sp³-hybridized carbons (Fsp3) is 0.154. The molecule has 0 fully saturated rings. The minimum atomic E-state index is -0.565. The Morgan fingerprint density at radius 2 is 2.00 bits per heavy atom. The fourth-order valence-corrected chi connectivity index (χ4v) is 1.71. The van der Waals surface area contributed by atoms with Crippen LogP contribution >= 0.6 is 0 Å². The van der Waals surface area contributed by atoms with Crippen molar-refractivity contribution < 1.29 is 4.79 Å². The Hall–Kier alpha value is -2.43. The van der Waals surface area contributed by atoms with Crippen molar-refractivity contribution in [3.8, 4) is 0 Å². The first kappa shape index (κ1) is 12.0.